The number of aromatic nitrogens is 3. The summed E-state index contributed by atoms with van der Waals surface area (Å²) in [5, 5.41) is 7.24. The first-order valence-corrected chi connectivity index (χ1v) is 9.39. The Hall–Kier alpha value is -3.29. The number of carbonyl (C=O) groups excluding carboxylic acids is 1. The second-order valence-corrected chi connectivity index (χ2v) is 7.40. The maximum atomic E-state index is 14.4. The zero-order valence-electron chi connectivity index (χ0n) is 15.7. The van der Waals surface area contributed by atoms with E-state index in [-0.39, 0.29) is 24.1 Å². The van der Waals surface area contributed by atoms with Crippen molar-refractivity contribution in [3.8, 4) is 11.4 Å². The molecule has 0 unspecified atom stereocenters. The zero-order valence-corrected chi connectivity index (χ0v) is 15.7. The highest BCUT2D eigenvalue weighted by Crippen LogP contribution is 2.57. The van der Waals surface area contributed by atoms with Crippen LogP contribution >= 0.6 is 0 Å². The lowest BCUT2D eigenvalue weighted by Gasteiger charge is -2.07. The Bertz CT molecular complexity index is 1110. The Kier molecular flexibility index (Phi) is 4.08. The van der Waals surface area contributed by atoms with E-state index in [2.05, 4.69) is 15.4 Å². The van der Waals surface area contributed by atoms with Crippen LogP contribution in [-0.2, 0) is 13.0 Å². The third kappa shape index (κ3) is 3.04. The predicted molar refractivity (Wildman–Crippen MR) is 100.0 cm³/mol. The largest absolute Gasteiger partial charge is 0.495 e. The van der Waals surface area contributed by atoms with Crippen molar-refractivity contribution in [2.24, 2.45) is 5.92 Å². The van der Waals surface area contributed by atoms with Crippen LogP contribution in [0.2, 0.25) is 0 Å². The summed E-state index contributed by atoms with van der Waals surface area (Å²) in [5.41, 5.74) is 2.86. The Balaban J connectivity index is 1.43. The molecule has 29 heavy (non-hydrogen) atoms. The smallest absolute Gasteiger partial charge is 0.272 e. The Morgan fingerprint density at radius 3 is 2.90 bits per heavy atom. The molecule has 8 heteroatoms. The van der Waals surface area contributed by atoms with E-state index in [0.717, 1.165) is 30.2 Å². The number of nitrogens with one attached hydrogen (secondary N) is 1. The molecule has 0 bridgehead atoms. The summed E-state index contributed by atoms with van der Waals surface area (Å²) < 4.78 is 34.2. The highest BCUT2D eigenvalue weighted by molar-refractivity contribution is 5.94. The van der Waals surface area contributed by atoms with Gasteiger partial charge in [0.05, 0.1) is 31.2 Å². The molecule has 0 saturated heterocycles. The van der Waals surface area contributed by atoms with Crippen LogP contribution in [0, 0.1) is 17.6 Å². The fourth-order valence-electron chi connectivity index (χ4n) is 4.03. The molecule has 1 N–H and O–H groups in total. The van der Waals surface area contributed by atoms with E-state index in [4.69, 9.17) is 4.74 Å². The minimum absolute atomic E-state index is 0.158. The van der Waals surface area contributed by atoms with Crippen molar-refractivity contribution < 1.29 is 18.3 Å². The predicted octanol–water partition coefficient (Wildman–Crippen LogP) is 3.14. The van der Waals surface area contributed by atoms with Crippen LogP contribution in [0.25, 0.3) is 5.69 Å². The Morgan fingerprint density at radius 2 is 2.17 bits per heavy atom. The highest BCUT2D eigenvalue weighted by Gasteiger charge is 2.50. The van der Waals surface area contributed by atoms with Gasteiger partial charge in [-0.3, -0.25) is 9.78 Å². The summed E-state index contributed by atoms with van der Waals surface area (Å²) in [7, 11) is 1.56. The van der Waals surface area contributed by atoms with Gasteiger partial charge in [-0.2, -0.15) is 5.10 Å². The molecule has 2 aromatic heterocycles. The molecule has 1 aromatic carbocycles. The third-order valence-electron chi connectivity index (χ3n) is 5.58. The molecular weight excluding hydrogens is 378 g/mol. The van der Waals surface area contributed by atoms with Crippen molar-refractivity contribution in [3.63, 3.8) is 0 Å². The van der Waals surface area contributed by atoms with Gasteiger partial charge in [0.15, 0.2) is 11.5 Å². The fraction of sp³-hybridized carbons (Fsp3) is 0.286. The van der Waals surface area contributed by atoms with Gasteiger partial charge in [-0.05, 0) is 43.0 Å². The van der Waals surface area contributed by atoms with Gasteiger partial charge in [-0.1, -0.05) is 0 Å². The lowest BCUT2D eigenvalue weighted by molar-refractivity contribution is 0.0944. The van der Waals surface area contributed by atoms with Crippen LogP contribution in [0.15, 0.2) is 36.5 Å². The van der Waals surface area contributed by atoms with E-state index in [0.29, 0.717) is 23.1 Å². The molecule has 0 aliphatic heterocycles. The summed E-state index contributed by atoms with van der Waals surface area (Å²) in [6.07, 6.45) is 3.35. The van der Waals surface area contributed by atoms with E-state index in [1.54, 1.807) is 25.4 Å². The van der Waals surface area contributed by atoms with Crippen LogP contribution in [-0.4, -0.2) is 27.8 Å². The monoisotopic (exact) mass is 396 g/mol. The summed E-state index contributed by atoms with van der Waals surface area (Å²) in [6.45, 7) is 0.238. The topological polar surface area (TPSA) is 69.0 Å². The van der Waals surface area contributed by atoms with E-state index >= 15 is 0 Å². The maximum absolute atomic E-state index is 14.4. The third-order valence-corrected chi connectivity index (χ3v) is 5.58. The number of rotatable bonds is 5. The number of ether oxygens (including phenoxy) is 1. The number of hydrogen-bond acceptors (Lipinski definition) is 4. The molecule has 2 aliphatic carbocycles. The molecule has 5 rings (SSSR count). The first-order valence-electron chi connectivity index (χ1n) is 9.39. The fourth-order valence-corrected chi connectivity index (χ4v) is 4.03. The molecule has 3 aromatic rings. The molecule has 0 spiro atoms. The summed E-state index contributed by atoms with van der Waals surface area (Å²) in [4.78, 5) is 17.0. The molecule has 1 saturated carbocycles. The van der Waals surface area contributed by atoms with Crippen LogP contribution in [0.4, 0.5) is 8.78 Å². The number of methoxy groups -OCH3 is 1. The van der Waals surface area contributed by atoms with Crippen molar-refractivity contribution in [1.82, 2.24) is 20.1 Å². The van der Waals surface area contributed by atoms with Gasteiger partial charge < -0.3 is 10.1 Å². The number of hydrogen-bond donors (Lipinski definition) is 1. The number of fused-ring (bicyclic) bond motifs is 3. The van der Waals surface area contributed by atoms with Gasteiger partial charge in [-0.25, -0.2) is 13.5 Å². The number of amides is 1. The van der Waals surface area contributed by atoms with Gasteiger partial charge in [0.25, 0.3) is 5.91 Å². The summed E-state index contributed by atoms with van der Waals surface area (Å²) in [6, 6.07) is 6.92. The van der Waals surface area contributed by atoms with E-state index < -0.39 is 11.6 Å². The average Bonchev–Trinajstić information content (AvgIpc) is 3.23. The molecule has 0 radical (unpaired) electrons. The van der Waals surface area contributed by atoms with Crippen molar-refractivity contribution in [3.05, 3.63) is 70.8 Å². The van der Waals surface area contributed by atoms with Crippen LogP contribution in [0.5, 0.6) is 5.75 Å². The second kappa shape index (κ2) is 6.65. The molecule has 1 amide bonds. The average molecular weight is 396 g/mol. The van der Waals surface area contributed by atoms with Gasteiger partial charge in [0.2, 0.25) is 0 Å². The second-order valence-electron chi connectivity index (χ2n) is 7.40. The van der Waals surface area contributed by atoms with Crippen LogP contribution in [0.1, 0.15) is 39.8 Å². The first kappa shape index (κ1) is 17.8. The SMILES string of the molecule is COc1ccc(CNC(=O)c2nn(-c3ccc(F)cc3F)c3c2C[C@H]2C[C@@H]32)nc1. The molecule has 6 nitrogen and oxygen atoms in total. The molecule has 2 heterocycles. The standard InChI is InChI=1S/C21H18F2N4O2/c1-29-14-4-3-13(24-10-14)9-25-21(28)19-16-7-11-6-15(11)20(16)27(26-19)18-5-2-12(22)8-17(18)23/h2-5,8,10-11,15H,6-7,9H2,1H3,(H,25,28)/t11-,15-/m1/s1. The number of pyridine rings is 1. The minimum atomic E-state index is -0.700. The number of halogens is 2. The summed E-state index contributed by atoms with van der Waals surface area (Å²) in [5.74, 6) is -0.281. The number of benzene rings is 1. The van der Waals surface area contributed by atoms with Gasteiger partial charge >= 0.3 is 0 Å². The van der Waals surface area contributed by atoms with Crippen LogP contribution < -0.4 is 10.1 Å². The molecule has 2 atom stereocenters. The lowest BCUT2D eigenvalue weighted by atomic mass is 10.1. The first-order chi connectivity index (χ1) is 14.0. The maximum Gasteiger partial charge on any atom is 0.272 e. The number of nitrogens with zero attached hydrogens (tertiary/aromatic N) is 3. The van der Waals surface area contributed by atoms with E-state index in [9.17, 15) is 13.6 Å². The Labute approximate surface area is 165 Å². The highest BCUT2D eigenvalue weighted by atomic mass is 19.1. The number of carbonyl (C=O) groups is 1. The van der Waals surface area contributed by atoms with Crippen molar-refractivity contribution in [2.45, 2.75) is 25.3 Å². The van der Waals surface area contributed by atoms with Crippen molar-refractivity contribution in [1.29, 1.82) is 0 Å². The minimum Gasteiger partial charge on any atom is -0.495 e. The molecule has 2 aliphatic rings. The zero-order chi connectivity index (χ0) is 20.1. The van der Waals surface area contributed by atoms with E-state index in [1.807, 2.05) is 0 Å². The van der Waals surface area contributed by atoms with E-state index in [1.165, 1.54) is 16.8 Å². The Morgan fingerprint density at radius 1 is 1.31 bits per heavy atom. The van der Waals surface area contributed by atoms with Crippen molar-refractivity contribution in [2.75, 3.05) is 7.11 Å². The van der Waals surface area contributed by atoms with Gasteiger partial charge in [0, 0.05) is 17.5 Å². The molecule has 148 valence electrons. The van der Waals surface area contributed by atoms with Crippen molar-refractivity contribution >= 4 is 5.91 Å². The molecule has 1 fully saturated rings. The lowest BCUT2D eigenvalue weighted by Crippen LogP contribution is -2.25. The van der Waals surface area contributed by atoms with Gasteiger partial charge in [-0.15, -0.1) is 0 Å². The van der Waals surface area contributed by atoms with Crippen LogP contribution in [0.3, 0.4) is 0 Å². The quantitative estimate of drug-likeness (QED) is 0.719. The van der Waals surface area contributed by atoms with Gasteiger partial charge in [0.1, 0.15) is 17.3 Å². The molecular formula is C21H18F2N4O2. The summed E-state index contributed by atoms with van der Waals surface area (Å²) >= 11 is 0. The normalized spacial score (nSPS) is 18.9.